The van der Waals surface area contributed by atoms with Gasteiger partial charge in [-0.25, -0.2) is 4.79 Å². The lowest BCUT2D eigenvalue weighted by atomic mass is 9.97. The minimum absolute atomic E-state index is 0.323. The van der Waals surface area contributed by atoms with Crippen molar-refractivity contribution < 1.29 is 23.7 Å². The maximum atomic E-state index is 13.4. The van der Waals surface area contributed by atoms with Crippen molar-refractivity contribution in [2.45, 2.75) is 58.8 Å². The second-order valence-electron chi connectivity index (χ2n) is 11.3. The van der Waals surface area contributed by atoms with E-state index in [1.807, 2.05) is 118 Å². The topological polar surface area (TPSA) is 57.2 Å². The highest BCUT2D eigenvalue weighted by atomic mass is 79.9. The molecule has 1 atom stereocenters. The molecule has 4 aromatic rings. The molecule has 1 amide bonds. The molecule has 0 spiro atoms. The van der Waals surface area contributed by atoms with Gasteiger partial charge in [-0.2, -0.15) is 0 Å². The maximum absolute atomic E-state index is 13.4. The monoisotopic (exact) mass is 629 g/mol. The van der Waals surface area contributed by atoms with Crippen LogP contribution >= 0.6 is 15.9 Å². The summed E-state index contributed by atoms with van der Waals surface area (Å²) in [4.78, 5) is 15.0. The zero-order valence-electron chi connectivity index (χ0n) is 24.2. The minimum atomic E-state index is -0.658. The Kier molecular flexibility index (Phi) is 9.50. The Morgan fingerprint density at radius 1 is 0.786 bits per heavy atom. The molecule has 0 saturated heterocycles. The van der Waals surface area contributed by atoms with Gasteiger partial charge in [0.2, 0.25) is 0 Å². The quantitative estimate of drug-likeness (QED) is 0.185. The first kappa shape index (κ1) is 29.7. The third-order valence-corrected chi connectivity index (χ3v) is 7.33. The molecule has 0 fully saturated rings. The molecule has 0 aliphatic carbocycles. The Bertz CT molecular complexity index is 1470. The van der Waals surface area contributed by atoms with Gasteiger partial charge in [-0.05, 0) is 73.7 Å². The summed E-state index contributed by atoms with van der Waals surface area (Å²) >= 11 is 3.49. The Labute approximate surface area is 256 Å². The molecule has 7 heteroatoms. The molecule has 0 aromatic heterocycles. The molecule has 0 saturated carbocycles. The number of benzene rings is 4. The summed E-state index contributed by atoms with van der Waals surface area (Å²) in [6.45, 7) is 7.17. The van der Waals surface area contributed by atoms with Gasteiger partial charge in [0.1, 0.15) is 18.8 Å². The summed E-state index contributed by atoms with van der Waals surface area (Å²) in [6, 6.07) is 32.0. The van der Waals surface area contributed by atoms with E-state index < -0.39 is 17.9 Å². The number of carbonyl (C=O) groups excluding carboxylic acids is 1. The number of hydrogen-bond donors (Lipinski definition) is 0. The highest BCUT2D eigenvalue weighted by molar-refractivity contribution is 9.10. The Balaban J connectivity index is 1.48. The van der Waals surface area contributed by atoms with Gasteiger partial charge in [0.15, 0.2) is 17.7 Å². The van der Waals surface area contributed by atoms with Crippen molar-refractivity contribution >= 4 is 22.0 Å². The van der Waals surface area contributed by atoms with Crippen LogP contribution in [0.15, 0.2) is 102 Å². The summed E-state index contributed by atoms with van der Waals surface area (Å²) in [5.74, 6) is 1.25. The first-order valence-corrected chi connectivity index (χ1v) is 14.9. The molecule has 42 heavy (non-hydrogen) atoms. The van der Waals surface area contributed by atoms with Crippen LogP contribution in [0, 0.1) is 0 Å². The van der Waals surface area contributed by atoms with Gasteiger partial charge in [0.25, 0.3) is 0 Å². The number of amides is 1. The van der Waals surface area contributed by atoms with E-state index in [4.69, 9.17) is 18.9 Å². The molecule has 0 radical (unpaired) electrons. The van der Waals surface area contributed by atoms with Gasteiger partial charge in [-0.15, -0.1) is 0 Å². The molecule has 1 aliphatic rings. The van der Waals surface area contributed by atoms with Gasteiger partial charge in [0, 0.05) is 16.6 Å². The Morgan fingerprint density at radius 3 is 1.90 bits per heavy atom. The zero-order valence-corrected chi connectivity index (χ0v) is 25.8. The number of rotatable bonds is 9. The van der Waals surface area contributed by atoms with E-state index in [1.54, 1.807) is 4.90 Å². The largest absolute Gasteiger partial charge is 0.485 e. The van der Waals surface area contributed by atoms with Crippen LogP contribution in [0.4, 0.5) is 4.79 Å². The molecular formula is C35H36BrNO5. The number of fused-ring (bicyclic) bond motifs is 1. The van der Waals surface area contributed by atoms with E-state index in [0.29, 0.717) is 44.3 Å². The fraction of sp³-hybridized carbons (Fsp3) is 0.286. The van der Waals surface area contributed by atoms with Crippen molar-refractivity contribution in [3.63, 3.8) is 0 Å². The third kappa shape index (κ3) is 7.93. The lowest BCUT2D eigenvalue weighted by molar-refractivity contribution is -0.0818. The number of halogens is 1. The summed E-state index contributed by atoms with van der Waals surface area (Å²) < 4.78 is 25.9. The molecular weight excluding hydrogens is 594 g/mol. The van der Waals surface area contributed by atoms with E-state index in [9.17, 15) is 4.79 Å². The van der Waals surface area contributed by atoms with Crippen LogP contribution in [-0.2, 0) is 35.7 Å². The average Bonchev–Trinajstić information content (AvgIpc) is 2.98. The number of nitrogens with zero attached hydrogens (tertiary/aromatic N) is 1. The van der Waals surface area contributed by atoms with Crippen LogP contribution in [0.3, 0.4) is 0 Å². The van der Waals surface area contributed by atoms with Crippen LogP contribution in [0.25, 0.3) is 0 Å². The number of ether oxygens (including phenoxy) is 4. The highest BCUT2D eigenvalue weighted by Gasteiger charge is 2.35. The second kappa shape index (κ2) is 13.4. The smallest absolute Gasteiger partial charge is 0.412 e. The van der Waals surface area contributed by atoms with E-state index in [2.05, 4.69) is 15.9 Å². The molecule has 1 aliphatic heterocycles. The molecule has 0 bridgehead atoms. The van der Waals surface area contributed by atoms with Crippen LogP contribution in [-0.4, -0.2) is 23.1 Å². The summed E-state index contributed by atoms with van der Waals surface area (Å²) in [5.41, 5.74) is 4.38. The molecule has 5 rings (SSSR count). The standard InChI is InChI=1S/C35H36BrNO5/c1-35(2,3)42-34(38)37-19-18-28-20-31(39-22-25-10-6-4-7-11-25)32(40-23-26-12-8-5-9-13-26)21-30(28)33(37)41-24-27-14-16-29(36)17-15-27/h4-17,20-21,33H,18-19,22-24H2,1-3H3. The Morgan fingerprint density at radius 2 is 1.33 bits per heavy atom. The predicted molar refractivity (Wildman–Crippen MR) is 166 cm³/mol. The third-order valence-electron chi connectivity index (χ3n) is 6.80. The van der Waals surface area contributed by atoms with Gasteiger partial charge >= 0.3 is 6.09 Å². The number of carbonyl (C=O) groups is 1. The molecule has 1 heterocycles. The average molecular weight is 631 g/mol. The lowest BCUT2D eigenvalue weighted by Gasteiger charge is -2.38. The first-order valence-electron chi connectivity index (χ1n) is 14.1. The summed E-state index contributed by atoms with van der Waals surface area (Å²) in [5, 5.41) is 0. The van der Waals surface area contributed by atoms with Crippen molar-refractivity contribution in [3.05, 3.63) is 129 Å². The molecule has 218 valence electrons. The van der Waals surface area contributed by atoms with E-state index >= 15 is 0 Å². The van der Waals surface area contributed by atoms with E-state index in [0.717, 1.165) is 32.3 Å². The molecule has 6 nitrogen and oxygen atoms in total. The van der Waals surface area contributed by atoms with Crippen molar-refractivity contribution in [2.24, 2.45) is 0 Å². The van der Waals surface area contributed by atoms with Crippen LogP contribution in [0.1, 0.15) is 54.8 Å². The van der Waals surface area contributed by atoms with Crippen molar-refractivity contribution in [1.82, 2.24) is 4.90 Å². The van der Waals surface area contributed by atoms with Crippen LogP contribution < -0.4 is 9.47 Å². The molecule has 4 aromatic carbocycles. The second-order valence-corrected chi connectivity index (χ2v) is 12.2. The van der Waals surface area contributed by atoms with Crippen molar-refractivity contribution in [2.75, 3.05) is 6.54 Å². The maximum Gasteiger partial charge on any atom is 0.412 e. The van der Waals surface area contributed by atoms with Gasteiger partial charge < -0.3 is 18.9 Å². The van der Waals surface area contributed by atoms with Gasteiger partial charge in [0.05, 0.1) is 6.61 Å². The van der Waals surface area contributed by atoms with Crippen molar-refractivity contribution in [3.8, 4) is 11.5 Å². The van der Waals surface area contributed by atoms with Gasteiger partial charge in [-0.3, -0.25) is 4.90 Å². The SMILES string of the molecule is CC(C)(C)OC(=O)N1CCc2cc(OCc3ccccc3)c(OCc3ccccc3)cc2C1OCc1ccc(Br)cc1. The zero-order chi connectivity index (χ0) is 29.5. The predicted octanol–water partition coefficient (Wildman–Crippen LogP) is 8.62. The first-order chi connectivity index (χ1) is 20.2. The Hall–Kier alpha value is -3.81. The molecule has 1 unspecified atom stereocenters. The lowest BCUT2D eigenvalue weighted by Crippen LogP contribution is -2.44. The fourth-order valence-electron chi connectivity index (χ4n) is 4.73. The summed E-state index contributed by atoms with van der Waals surface area (Å²) in [7, 11) is 0. The highest BCUT2D eigenvalue weighted by Crippen LogP contribution is 2.40. The molecule has 0 N–H and O–H groups in total. The van der Waals surface area contributed by atoms with Gasteiger partial charge in [-0.1, -0.05) is 88.7 Å². The van der Waals surface area contributed by atoms with E-state index in [1.165, 1.54) is 0 Å². The summed E-state index contributed by atoms with van der Waals surface area (Å²) in [6.07, 6.45) is -0.437. The van der Waals surface area contributed by atoms with Crippen LogP contribution in [0.5, 0.6) is 11.5 Å². The normalized spacial score (nSPS) is 14.7. The van der Waals surface area contributed by atoms with Crippen molar-refractivity contribution in [1.29, 1.82) is 0 Å². The fourth-order valence-corrected chi connectivity index (χ4v) is 4.99. The minimum Gasteiger partial charge on any atom is -0.485 e. The number of hydrogen-bond acceptors (Lipinski definition) is 5. The van der Waals surface area contributed by atoms with Crippen LogP contribution in [0.2, 0.25) is 0 Å². The van der Waals surface area contributed by atoms with E-state index in [-0.39, 0.29) is 0 Å².